The highest BCUT2D eigenvalue weighted by molar-refractivity contribution is 6.31. The van der Waals surface area contributed by atoms with E-state index in [0.29, 0.717) is 17.3 Å². The molecule has 0 aliphatic rings. The van der Waals surface area contributed by atoms with Crippen LogP contribution in [0.25, 0.3) is 0 Å². The number of carbonyl (C=O) groups is 2. The Balaban J connectivity index is 2.54. The predicted octanol–water partition coefficient (Wildman–Crippen LogP) is 4.07. The number of rotatable bonds is 5. The molecule has 0 spiro atoms. The zero-order valence-electron chi connectivity index (χ0n) is 12.7. The smallest absolute Gasteiger partial charge is 0.221 e. The minimum atomic E-state index is -0.556. The van der Waals surface area contributed by atoms with E-state index in [1.807, 2.05) is 0 Å². The quantitative estimate of drug-likeness (QED) is 0.838. The van der Waals surface area contributed by atoms with E-state index in [2.05, 4.69) is 5.32 Å². The van der Waals surface area contributed by atoms with Gasteiger partial charge in [-0.05, 0) is 43.3 Å². The van der Waals surface area contributed by atoms with Crippen molar-refractivity contribution >= 4 is 29.0 Å². The van der Waals surface area contributed by atoms with Crippen molar-refractivity contribution in [1.82, 2.24) is 0 Å². The fourth-order valence-corrected chi connectivity index (χ4v) is 2.28. The van der Waals surface area contributed by atoms with Gasteiger partial charge >= 0.3 is 0 Å². The zero-order chi connectivity index (χ0) is 17.0. The Kier molecular flexibility index (Phi) is 5.34. The van der Waals surface area contributed by atoms with Gasteiger partial charge in [0.1, 0.15) is 11.6 Å². The van der Waals surface area contributed by atoms with Crippen LogP contribution in [0.2, 0.25) is 5.02 Å². The summed E-state index contributed by atoms with van der Waals surface area (Å²) >= 11 is 5.95. The molecule has 120 valence electrons. The number of nitrogens with one attached hydrogen (secondary N) is 1. The van der Waals surface area contributed by atoms with Gasteiger partial charge < -0.3 is 10.1 Å². The molecule has 1 amide bonds. The number of halogens is 2. The van der Waals surface area contributed by atoms with E-state index in [0.717, 1.165) is 6.07 Å². The number of anilines is 1. The highest BCUT2D eigenvalue weighted by atomic mass is 35.5. The summed E-state index contributed by atoms with van der Waals surface area (Å²) in [4.78, 5) is 24.1. The normalized spacial score (nSPS) is 10.3. The third-order valence-corrected chi connectivity index (χ3v) is 3.26. The third-order valence-electron chi connectivity index (χ3n) is 3.02. The first-order valence-corrected chi connectivity index (χ1v) is 7.34. The van der Waals surface area contributed by atoms with Crippen molar-refractivity contribution in [3.05, 3.63) is 58.4 Å². The molecular weight excluding hydrogens is 321 g/mol. The number of hydrogen-bond acceptors (Lipinski definition) is 3. The van der Waals surface area contributed by atoms with Gasteiger partial charge in [-0.15, -0.1) is 0 Å². The summed E-state index contributed by atoms with van der Waals surface area (Å²) < 4.78 is 18.9. The lowest BCUT2D eigenvalue weighted by atomic mass is 10.0. The minimum absolute atomic E-state index is 0.0701. The van der Waals surface area contributed by atoms with E-state index in [1.54, 1.807) is 13.0 Å². The van der Waals surface area contributed by atoms with Crippen molar-refractivity contribution in [3.63, 3.8) is 0 Å². The molecule has 0 saturated heterocycles. The maximum Gasteiger partial charge on any atom is 0.221 e. The van der Waals surface area contributed by atoms with Crippen LogP contribution in [-0.2, 0) is 4.79 Å². The van der Waals surface area contributed by atoms with Crippen molar-refractivity contribution in [2.75, 3.05) is 11.9 Å². The van der Waals surface area contributed by atoms with Gasteiger partial charge in [0.15, 0.2) is 5.78 Å². The Morgan fingerprint density at radius 1 is 1.17 bits per heavy atom. The molecule has 2 aromatic rings. The summed E-state index contributed by atoms with van der Waals surface area (Å²) in [5.41, 5.74) is 0.540. The van der Waals surface area contributed by atoms with Crippen LogP contribution in [0.5, 0.6) is 5.75 Å². The summed E-state index contributed by atoms with van der Waals surface area (Å²) in [5.74, 6) is -1.10. The van der Waals surface area contributed by atoms with Gasteiger partial charge in [-0.2, -0.15) is 0 Å². The Hall–Kier alpha value is -2.40. The first kappa shape index (κ1) is 17.0. The molecule has 0 unspecified atom stereocenters. The Morgan fingerprint density at radius 2 is 1.91 bits per heavy atom. The molecule has 0 fully saturated rings. The van der Waals surface area contributed by atoms with Crippen LogP contribution >= 0.6 is 11.6 Å². The van der Waals surface area contributed by atoms with Gasteiger partial charge in [-0.3, -0.25) is 9.59 Å². The zero-order valence-corrected chi connectivity index (χ0v) is 13.4. The standard InChI is InChI=1S/C17H15ClFNO3/c1-3-23-16-7-5-12(19)9-14(16)17(22)13-8-11(18)4-6-15(13)20-10(2)21/h4-9H,3H2,1-2H3,(H,20,21). The van der Waals surface area contributed by atoms with Gasteiger partial charge in [0, 0.05) is 17.5 Å². The van der Waals surface area contributed by atoms with E-state index >= 15 is 0 Å². The topological polar surface area (TPSA) is 55.4 Å². The lowest BCUT2D eigenvalue weighted by molar-refractivity contribution is -0.114. The molecule has 0 radical (unpaired) electrons. The summed E-state index contributed by atoms with van der Waals surface area (Å²) in [6.45, 7) is 3.43. The van der Waals surface area contributed by atoms with Crippen molar-refractivity contribution < 1.29 is 18.7 Å². The molecule has 4 nitrogen and oxygen atoms in total. The molecular formula is C17H15ClFNO3. The van der Waals surface area contributed by atoms with Crippen LogP contribution < -0.4 is 10.1 Å². The first-order chi connectivity index (χ1) is 10.9. The van der Waals surface area contributed by atoms with E-state index in [-0.39, 0.29) is 22.8 Å². The van der Waals surface area contributed by atoms with Crippen LogP contribution in [0, 0.1) is 5.82 Å². The molecule has 2 rings (SSSR count). The lowest BCUT2D eigenvalue weighted by Gasteiger charge is -2.13. The molecule has 0 aliphatic heterocycles. The number of amides is 1. The van der Waals surface area contributed by atoms with Gasteiger partial charge in [-0.1, -0.05) is 11.6 Å². The minimum Gasteiger partial charge on any atom is -0.493 e. The Morgan fingerprint density at radius 3 is 2.57 bits per heavy atom. The van der Waals surface area contributed by atoms with Crippen molar-refractivity contribution in [2.24, 2.45) is 0 Å². The molecule has 0 heterocycles. The van der Waals surface area contributed by atoms with E-state index in [1.165, 1.54) is 31.2 Å². The second-order valence-electron chi connectivity index (χ2n) is 4.77. The Labute approximate surface area is 138 Å². The maximum atomic E-state index is 13.5. The maximum absolute atomic E-state index is 13.5. The van der Waals surface area contributed by atoms with Crippen molar-refractivity contribution in [2.45, 2.75) is 13.8 Å². The van der Waals surface area contributed by atoms with Crippen LogP contribution in [0.15, 0.2) is 36.4 Å². The fourth-order valence-electron chi connectivity index (χ4n) is 2.11. The number of hydrogen-bond donors (Lipinski definition) is 1. The fraction of sp³-hybridized carbons (Fsp3) is 0.176. The van der Waals surface area contributed by atoms with E-state index in [9.17, 15) is 14.0 Å². The lowest BCUT2D eigenvalue weighted by Crippen LogP contribution is -2.13. The highest BCUT2D eigenvalue weighted by Gasteiger charge is 2.20. The molecule has 0 aliphatic carbocycles. The summed E-state index contributed by atoms with van der Waals surface area (Å²) in [6, 6.07) is 8.22. The second kappa shape index (κ2) is 7.24. The molecule has 0 aromatic heterocycles. The van der Waals surface area contributed by atoms with Crippen LogP contribution in [0.3, 0.4) is 0 Å². The van der Waals surface area contributed by atoms with Crippen molar-refractivity contribution in [1.29, 1.82) is 0 Å². The SMILES string of the molecule is CCOc1ccc(F)cc1C(=O)c1cc(Cl)ccc1NC(C)=O. The molecule has 6 heteroatoms. The molecule has 23 heavy (non-hydrogen) atoms. The average molecular weight is 336 g/mol. The van der Waals surface area contributed by atoms with Crippen LogP contribution in [-0.4, -0.2) is 18.3 Å². The van der Waals surface area contributed by atoms with Crippen LogP contribution in [0.1, 0.15) is 29.8 Å². The summed E-state index contributed by atoms with van der Waals surface area (Å²) in [7, 11) is 0. The molecule has 1 N–H and O–H groups in total. The second-order valence-corrected chi connectivity index (χ2v) is 5.21. The largest absolute Gasteiger partial charge is 0.493 e. The van der Waals surface area contributed by atoms with Gasteiger partial charge in [0.05, 0.1) is 17.9 Å². The van der Waals surface area contributed by atoms with Crippen molar-refractivity contribution in [3.8, 4) is 5.75 Å². The number of benzene rings is 2. The molecule has 0 saturated carbocycles. The van der Waals surface area contributed by atoms with Gasteiger partial charge in [0.25, 0.3) is 0 Å². The third kappa shape index (κ3) is 4.07. The monoisotopic (exact) mass is 335 g/mol. The summed E-state index contributed by atoms with van der Waals surface area (Å²) in [5, 5.41) is 2.89. The predicted molar refractivity (Wildman–Crippen MR) is 86.8 cm³/mol. The van der Waals surface area contributed by atoms with Gasteiger partial charge in [-0.25, -0.2) is 4.39 Å². The molecule has 2 aromatic carbocycles. The van der Waals surface area contributed by atoms with E-state index in [4.69, 9.17) is 16.3 Å². The Bertz CT molecular complexity index is 761. The highest BCUT2D eigenvalue weighted by Crippen LogP contribution is 2.28. The molecule has 0 atom stereocenters. The number of ether oxygens (including phenoxy) is 1. The van der Waals surface area contributed by atoms with Crippen LogP contribution in [0.4, 0.5) is 10.1 Å². The first-order valence-electron chi connectivity index (χ1n) is 6.96. The van der Waals surface area contributed by atoms with Gasteiger partial charge in [0.2, 0.25) is 5.91 Å². The van der Waals surface area contributed by atoms with E-state index < -0.39 is 11.6 Å². The summed E-state index contributed by atoms with van der Waals surface area (Å²) in [6.07, 6.45) is 0. The molecule has 0 bridgehead atoms. The average Bonchev–Trinajstić information content (AvgIpc) is 2.50. The number of carbonyl (C=O) groups excluding carboxylic acids is 2. The number of ketones is 1.